The van der Waals surface area contributed by atoms with Crippen LogP contribution in [0.3, 0.4) is 0 Å². The molecule has 3 N–H and O–H groups in total. The Morgan fingerprint density at radius 1 is 0.844 bits per heavy atom. The Bertz CT molecular complexity index is 1160. The zero-order chi connectivity index (χ0) is 22.2. The number of aromatic amines is 1. The van der Waals surface area contributed by atoms with Crippen LogP contribution in [0.1, 0.15) is 34.3 Å². The van der Waals surface area contributed by atoms with E-state index in [4.69, 9.17) is 0 Å². The highest BCUT2D eigenvalue weighted by Crippen LogP contribution is 2.23. The lowest BCUT2D eigenvalue weighted by Crippen LogP contribution is -2.41. The average molecular weight is 445 g/mol. The summed E-state index contributed by atoms with van der Waals surface area (Å²) >= 11 is 1.61. The highest BCUT2D eigenvalue weighted by atomic mass is 32.2. The fraction of sp³-hybridized carbons (Fsp3) is 0.160. The van der Waals surface area contributed by atoms with Gasteiger partial charge in [0, 0.05) is 17.7 Å². The summed E-state index contributed by atoms with van der Waals surface area (Å²) in [5, 5.41) is 0.864. The predicted octanol–water partition coefficient (Wildman–Crippen LogP) is 4.64. The maximum atomic E-state index is 12.3. The van der Waals surface area contributed by atoms with Gasteiger partial charge in [0.2, 0.25) is 5.91 Å². The SMILES string of the molecule is O=C(CCCc1ccccc1)NNC(=O)c1ccc(CSc2nc3ccccc3[nH]2)cc1. The lowest BCUT2D eigenvalue weighted by atomic mass is 10.1. The first-order chi connectivity index (χ1) is 15.7. The second kappa shape index (κ2) is 10.6. The lowest BCUT2D eigenvalue weighted by molar-refractivity contribution is -0.121. The summed E-state index contributed by atoms with van der Waals surface area (Å²) in [4.78, 5) is 32.1. The van der Waals surface area contributed by atoms with Crippen LogP contribution in [0.2, 0.25) is 0 Å². The fourth-order valence-corrected chi connectivity index (χ4v) is 4.10. The number of nitrogens with one attached hydrogen (secondary N) is 3. The van der Waals surface area contributed by atoms with Gasteiger partial charge >= 0.3 is 0 Å². The van der Waals surface area contributed by atoms with Gasteiger partial charge in [-0.2, -0.15) is 0 Å². The number of aromatic nitrogens is 2. The van der Waals surface area contributed by atoms with Crippen LogP contribution in [0.25, 0.3) is 11.0 Å². The van der Waals surface area contributed by atoms with Gasteiger partial charge in [0.1, 0.15) is 0 Å². The molecule has 0 fully saturated rings. The number of amides is 2. The molecule has 0 unspecified atom stereocenters. The van der Waals surface area contributed by atoms with E-state index < -0.39 is 0 Å². The van der Waals surface area contributed by atoms with Crippen LogP contribution in [-0.2, 0) is 17.0 Å². The molecule has 7 heteroatoms. The summed E-state index contributed by atoms with van der Waals surface area (Å²) < 4.78 is 0. The van der Waals surface area contributed by atoms with E-state index in [1.54, 1.807) is 23.9 Å². The third kappa shape index (κ3) is 5.98. The smallest absolute Gasteiger partial charge is 0.269 e. The number of carbonyl (C=O) groups is 2. The molecule has 0 spiro atoms. The molecule has 0 bridgehead atoms. The van der Waals surface area contributed by atoms with Crippen LogP contribution in [0.5, 0.6) is 0 Å². The quantitative estimate of drug-likeness (QED) is 0.273. The number of carbonyl (C=O) groups excluding carboxylic acids is 2. The van der Waals surface area contributed by atoms with Gasteiger partial charge in [-0.25, -0.2) is 4.98 Å². The Kier molecular flexibility index (Phi) is 7.19. The van der Waals surface area contributed by atoms with Gasteiger partial charge in [0.25, 0.3) is 5.91 Å². The van der Waals surface area contributed by atoms with E-state index in [2.05, 4.69) is 20.8 Å². The largest absolute Gasteiger partial charge is 0.333 e. The summed E-state index contributed by atoms with van der Waals surface area (Å²) in [6, 6.07) is 25.3. The molecule has 1 heterocycles. The van der Waals surface area contributed by atoms with Gasteiger partial charge in [0.15, 0.2) is 5.16 Å². The molecule has 32 heavy (non-hydrogen) atoms. The topological polar surface area (TPSA) is 86.9 Å². The minimum Gasteiger partial charge on any atom is -0.333 e. The van der Waals surface area contributed by atoms with E-state index in [9.17, 15) is 9.59 Å². The first kappa shape index (κ1) is 21.6. The summed E-state index contributed by atoms with van der Waals surface area (Å²) in [6.45, 7) is 0. The van der Waals surface area contributed by atoms with Gasteiger partial charge in [-0.15, -0.1) is 0 Å². The van der Waals surface area contributed by atoms with Crippen molar-refractivity contribution in [2.75, 3.05) is 0 Å². The standard InChI is InChI=1S/C25H24N4O2S/c30-23(12-6-9-18-7-2-1-3-8-18)28-29-24(31)20-15-13-19(14-16-20)17-32-25-26-21-10-4-5-11-22(21)27-25/h1-5,7-8,10-11,13-16H,6,9,12,17H2,(H,26,27)(H,28,30)(H,29,31). The number of para-hydroxylation sites is 2. The number of imidazole rings is 1. The summed E-state index contributed by atoms with van der Waals surface area (Å²) in [7, 11) is 0. The number of hydrogen-bond acceptors (Lipinski definition) is 4. The van der Waals surface area contributed by atoms with Crippen molar-refractivity contribution in [3.63, 3.8) is 0 Å². The van der Waals surface area contributed by atoms with Gasteiger partial charge in [0.05, 0.1) is 11.0 Å². The number of fused-ring (bicyclic) bond motifs is 1. The van der Waals surface area contributed by atoms with E-state index in [1.165, 1.54) is 5.56 Å². The average Bonchev–Trinajstić information content (AvgIpc) is 3.25. The number of H-pyrrole nitrogens is 1. The number of benzene rings is 3. The molecule has 0 aliphatic heterocycles. The molecular formula is C25H24N4O2S. The molecule has 4 rings (SSSR count). The molecule has 0 aliphatic rings. The molecule has 0 saturated heterocycles. The van der Waals surface area contributed by atoms with Gasteiger partial charge < -0.3 is 4.98 Å². The fourth-order valence-electron chi connectivity index (χ4n) is 3.26. The minimum absolute atomic E-state index is 0.201. The Balaban J connectivity index is 1.20. The zero-order valence-corrected chi connectivity index (χ0v) is 18.3. The van der Waals surface area contributed by atoms with Crippen molar-refractivity contribution in [3.05, 3.63) is 95.6 Å². The second-order valence-corrected chi connectivity index (χ2v) is 8.35. The molecule has 162 valence electrons. The van der Waals surface area contributed by atoms with Crippen molar-refractivity contribution >= 4 is 34.6 Å². The van der Waals surface area contributed by atoms with E-state index in [-0.39, 0.29) is 11.8 Å². The second-order valence-electron chi connectivity index (χ2n) is 7.39. The third-order valence-corrected chi connectivity index (χ3v) is 5.93. The molecule has 3 aromatic carbocycles. The molecule has 1 aromatic heterocycles. The van der Waals surface area contributed by atoms with Crippen molar-refractivity contribution in [2.24, 2.45) is 0 Å². The van der Waals surface area contributed by atoms with Crippen LogP contribution >= 0.6 is 11.8 Å². The Labute approximate surface area is 190 Å². The molecule has 0 aliphatic carbocycles. The van der Waals surface area contributed by atoms with Crippen LogP contribution in [0, 0.1) is 0 Å². The van der Waals surface area contributed by atoms with Crippen molar-refractivity contribution in [1.29, 1.82) is 0 Å². The zero-order valence-electron chi connectivity index (χ0n) is 17.5. The first-order valence-corrected chi connectivity index (χ1v) is 11.5. The summed E-state index contributed by atoms with van der Waals surface area (Å²) in [5.41, 5.74) is 9.70. The van der Waals surface area contributed by atoms with E-state index in [0.29, 0.717) is 12.0 Å². The minimum atomic E-state index is -0.335. The Hall–Kier alpha value is -3.58. The maximum Gasteiger partial charge on any atom is 0.269 e. The van der Waals surface area contributed by atoms with Crippen LogP contribution < -0.4 is 10.9 Å². The number of thioether (sulfide) groups is 1. The lowest BCUT2D eigenvalue weighted by Gasteiger charge is -2.08. The molecule has 0 atom stereocenters. The Morgan fingerprint density at radius 3 is 2.38 bits per heavy atom. The van der Waals surface area contributed by atoms with Crippen molar-refractivity contribution in [1.82, 2.24) is 20.8 Å². The first-order valence-electron chi connectivity index (χ1n) is 10.5. The van der Waals surface area contributed by atoms with Crippen LogP contribution in [0.4, 0.5) is 0 Å². The number of rotatable bonds is 8. The number of hydrazine groups is 1. The predicted molar refractivity (Wildman–Crippen MR) is 127 cm³/mol. The van der Waals surface area contributed by atoms with Crippen molar-refractivity contribution < 1.29 is 9.59 Å². The highest BCUT2D eigenvalue weighted by Gasteiger charge is 2.08. The maximum absolute atomic E-state index is 12.3. The Morgan fingerprint density at radius 2 is 1.59 bits per heavy atom. The highest BCUT2D eigenvalue weighted by molar-refractivity contribution is 7.98. The van der Waals surface area contributed by atoms with E-state index in [1.807, 2.05) is 66.7 Å². The van der Waals surface area contributed by atoms with Gasteiger partial charge in [-0.1, -0.05) is 66.4 Å². The van der Waals surface area contributed by atoms with Crippen LogP contribution in [0.15, 0.2) is 84.0 Å². The molecule has 0 radical (unpaired) electrons. The van der Waals surface area contributed by atoms with E-state index in [0.717, 1.165) is 40.3 Å². The molecular weight excluding hydrogens is 420 g/mol. The summed E-state index contributed by atoms with van der Waals surface area (Å²) in [6.07, 6.45) is 1.91. The van der Waals surface area contributed by atoms with Crippen molar-refractivity contribution in [2.45, 2.75) is 30.2 Å². The summed E-state index contributed by atoms with van der Waals surface area (Å²) in [5.74, 6) is 0.200. The molecule has 6 nitrogen and oxygen atoms in total. The van der Waals surface area contributed by atoms with Crippen molar-refractivity contribution in [3.8, 4) is 0 Å². The number of hydrogen-bond donors (Lipinski definition) is 3. The molecule has 4 aromatic rings. The van der Waals surface area contributed by atoms with Crippen LogP contribution in [-0.4, -0.2) is 21.8 Å². The monoisotopic (exact) mass is 444 g/mol. The third-order valence-electron chi connectivity index (χ3n) is 4.99. The molecule has 0 saturated carbocycles. The molecule has 2 amide bonds. The van der Waals surface area contributed by atoms with E-state index >= 15 is 0 Å². The normalized spacial score (nSPS) is 10.8. The van der Waals surface area contributed by atoms with Gasteiger partial charge in [-0.05, 0) is 48.2 Å². The number of nitrogens with zero attached hydrogens (tertiary/aromatic N) is 1. The number of aryl methyl sites for hydroxylation is 1. The van der Waals surface area contributed by atoms with Gasteiger partial charge in [-0.3, -0.25) is 20.4 Å².